The van der Waals surface area contributed by atoms with E-state index in [0.717, 1.165) is 27.8 Å². The Bertz CT molecular complexity index is 1060. The minimum absolute atomic E-state index is 0.201. The smallest absolute Gasteiger partial charge is 0.305 e. The second-order valence-corrected chi connectivity index (χ2v) is 7.21. The van der Waals surface area contributed by atoms with Crippen LogP contribution in [0.4, 0.5) is 0 Å². The molecular formula is C24H24N2O3. The van der Waals surface area contributed by atoms with E-state index in [1.54, 1.807) is 12.1 Å². The number of hydrogen-bond donors (Lipinski definition) is 2. The first-order chi connectivity index (χ1) is 13.8. The van der Waals surface area contributed by atoms with Crippen molar-refractivity contribution in [1.29, 1.82) is 0 Å². The normalized spacial score (nSPS) is 11.7. The van der Waals surface area contributed by atoms with Gasteiger partial charge >= 0.3 is 5.97 Å². The van der Waals surface area contributed by atoms with Crippen molar-refractivity contribution in [2.45, 2.75) is 33.2 Å². The highest BCUT2D eigenvalue weighted by atomic mass is 16.4. The number of aryl methyl sites for hydroxylation is 3. The van der Waals surface area contributed by atoms with Crippen LogP contribution in [0.1, 0.15) is 45.2 Å². The molecule has 29 heavy (non-hydrogen) atoms. The summed E-state index contributed by atoms with van der Waals surface area (Å²) in [5, 5.41) is 12.1. The van der Waals surface area contributed by atoms with E-state index >= 15 is 0 Å². The van der Waals surface area contributed by atoms with Crippen molar-refractivity contribution in [1.82, 2.24) is 10.3 Å². The number of hydrogen-bond acceptors (Lipinski definition) is 3. The van der Waals surface area contributed by atoms with Crippen molar-refractivity contribution in [3.05, 3.63) is 88.6 Å². The molecule has 0 spiro atoms. The van der Waals surface area contributed by atoms with Gasteiger partial charge in [-0.2, -0.15) is 0 Å². The van der Waals surface area contributed by atoms with E-state index in [1.165, 1.54) is 0 Å². The highest BCUT2D eigenvalue weighted by Crippen LogP contribution is 2.24. The molecule has 0 aliphatic rings. The lowest BCUT2D eigenvalue weighted by atomic mass is 9.98. The van der Waals surface area contributed by atoms with Crippen LogP contribution in [0.5, 0.6) is 0 Å². The molecule has 1 atom stereocenters. The fraction of sp³-hybridized carbons (Fsp3) is 0.208. The van der Waals surface area contributed by atoms with Gasteiger partial charge in [0.2, 0.25) is 0 Å². The monoisotopic (exact) mass is 388 g/mol. The molecule has 0 radical (unpaired) electrons. The van der Waals surface area contributed by atoms with Crippen LogP contribution in [0.2, 0.25) is 0 Å². The Morgan fingerprint density at radius 2 is 1.72 bits per heavy atom. The summed E-state index contributed by atoms with van der Waals surface area (Å²) < 4.78 is 0. The fourth-order valence-corrected chi connectivity index (χ4v) is 3.44. The van der Waals surface area contributed by atoms with Crippen LogP contribution in [0.15, 0.2) is 60.7 Å². The van der Waals surface area contributed by atoms with Crippen LogP contribution in [0, 0.1) is 20.8 Å². The molecule has 148 valence electrons. The first-order valence-corrected chi connectivity index (χ1v) is 9.48. The summed E-state index contributed by atoms with van der Waals surface area (Å²) in [6, 6.07) is 18.2. The van der Waals surface area contributed by atoms with Crippen molar-refractivity contribution < 1.29 is 14.7 Å². The third kappa shape index (κ3) is 4.88. The van der Waals surface area contributed by atoms with Crippen molar-refractivity contribution in [3.63, 3.8) is 0 Å². The lowest BCUT2D eigenvalue weighted by Gasteiger charge is -2.19. The van der Waals surface area contributed by atoms with Crippen LogP contribution in [-0.2, 0) is 4.79 Å². The number of carboxylic acids is 1. The van der Waals surface area contributed by atoms with Gasteiger partial charge in [0, 0.05) is 5.56 Å². The number of rotatable bonds is 6. The van der Waals surface area contributed by atoms with Crippen LogP contribution < -0.4 is 5.32 Å². The van der Waals surface area contributed by atoms with E-state index in [0.29, 0.717) is 5.69 Å². The molecule has 0 saturated heterocycles. The molecule has 3 rings (SSSR count). The quantitative estimate of drug-likeness (QED) is 0.646. The Kier molecular flexibility index (Phi) is 6.07. The molecule has 2 N–H and O–H groups in total. The maximum absolute atomic E-state index is 12.9. The molecule has 0 bridgehead atoms. The van der Waals surface area contributed by atoms with Gasteiger partial charge in [0.25, 0.3) is 5.91 Å². The second-order valence-electron chi connectivity index (χ2n) is 7.21. The van der Waals surface area contributed by atoms with E-state index < -0.39 is 17.9 Å². The Morgan fingerprint density at radius 1 is 0.966 bits per heavy atom. The Balaban J connectivity index is 1.89. The van der Waals surface area contributed by atoms with Gasteiger partial charge in [-0.3, -0.25) is 9.59 Å². The zero-order valence-corrected chi connectivity index (χ0v) is 16.8. The SMILES string of the molecule is Cc1ccc(-c2cccc(C(=O)N[C@@H](CC(=O)O)c3ccccc3C)n2)c(C)c1. The third-order valence-electron chi connectivity index (χ3n) is 4.89. The number of aliphatic carboxylic acids is 1. The zero-order valence-electron chi connectivity index (χ0n) is 16.8. The number of amides is 1. The standard InChI is InChI=1S/C24H24N2O3/c1-15-11-12-19(17(3)13-15)20-9-6-10-21(25-20)24(29)26-22(14-23(27)28)18-8-5-4-7-16(18)2/h4-13,22H,14H2,1-3H3,(H,26,29)(H,27,28)/t22-/m0/s1. The summed E-state index contributed by atoms with van der Waals surface area (Å²) in [4.78, 5) is 28.7. The lowest BCUT2D eigenvalue weighted by molar-refractivity contribution is -0.137. The Morgan fingerprint density at radius 3 is 2.41 bits per heavy atom. The van der Waals surface area contributed by atoms with Crippen LogP contribution >= 0.6 is 0 Å². The maximum atomic E-state index is 12.9. The van der Waals surface area contributed by atoms with Crippen LogP contribution in [0.3, 0.4) is 0 Å². The number of carbonyl (C=O) groups excluding carboxylic acids is 1. The summed E-state index contributed by atoms with van der Waals surface area (Å²) in [5.74, 6) is -1.37. The molecule has 3 aromatic rings. The molecule has 0 fully saturated rings. The predicted octanol–water partition coefficient (Wildman–Crippen LogP) is 4.62. The van der Waals surface area contributed by atoms with Crippen molar-refractivity contribution >= 4 is 11.9 Å². The van der Waals surface area contributed by atoms with E-state index in [1.807, 2.05) is 63.2 Å². The van der Waals surface area contributed by atoms with Gasteiger partial charge in [-0.25, -0.2) is 4.98 Å². The van der Waals surface area contributed by atoms with Crippen LogP contribution in [-0.4, -0.2) is 22.0 Å². The predicted molar refractivity (Wildman–Crippen MR) is 113 cm³/mol. The summed E-state index contributed by atoms with van der Waals surface area (Å²) >= 11 is 0. The van der Waals surface area contributed by atoms with Crippen molar-refractivity contribution in [3.8, 4) is 11.3 Å². The molecule has 0 aliphatic carbocycles. The third-order valence-corrected chi connectivity index (χ3v) is 4.89. The largest absolute Gasteiger partial charge is 0.481 e. The number of nitrogens with one attached hydrogen (secondary N) is 1. The zero-order chi connectivity index (χ0) is 21.0. The van der Waals surface area contributed by atoms with E-state index in [-0.39, 0.29) is 12.1 Å². The first-order valence-electron chi connectivity index (χ1n) is 9.48. The second kappa shape index (κ2) is 8.69. The Labute approximate surface area is 170 Å². The topological polar surface area (TPSA) is 79.3 Å². The average Bonchev–Trinajstić information content (AvgIpc) is 2.67. The molecule has 2 aromatic carbocycles. The average molecular weight is 388 g/mol. The van der Waals surface area contributed by atoms with Crippen molar-refractivity contribution in [2.24, 2.45) is 0 Å². The number of nitrogens with zero attached hydrogens (tertiary/aromatic N) is 1. The molecule has 1 amide bonds. The molecule has 1 heterocycles. The molecule has 0 unspecified atom stereocenters. The molecule has 5 heteroatoms. The number of aromatic nitrogens is 1. The molecule has 5 nitrogen and oxygen atoms in total. The van der Waals surface area contributed by atoms with Gasteiger partial charge in [-0.15, -0.1) is 0 Å². The summed E-state index contributed by atoms with van der Waals surface area (Å²) in [6.07, 6.45) is -0.201. The van der Waals surface area contributed by atoms with Gasteiger partial charge in [-0.05, 0) is 49.6 Å². The van der Waals surface area contributed by atoms with Crippen LogP contribution in [0.25, 0.3) is 11.3 Å². The lowest BCUT2D eigenvalue weighted by Crippen LogP contribution is -2.31. The molecule has 0 aliphatic heterocycles. The summed E-state index contributed by atoms with van der Waals surface area (Å²) in [5.41, 5.74) is 5.89. The van der Waals surface area contributed by atoms with E-state index in [4.69, 9.17) is 0 Å². The minimum atomic E-state index is -0.976. The fourth-order valence-electron chi connectivity index (χ4n) is 3.44. The first kappa shape index (κ1) is 20.3. The van der Waals surface area contributed by atoms with Crippen molar-refractivity contribution in [2.75, 3.05) is 0 Å². The number of carboxylic acid groups (broad SMARTS) is 1. The number of pyridine rings is 1. The summed E-state index contributed by atoms with van der Waals surface area (Å²) in [7, 11) is 0. The summed E-state index contributed by atoms with van der Waals surface area (Å²) in [6.45, 7) is 5.94. The highest BCUT2D eigenvalue weighted by Gasteiger charge is 2.21. The molecule has 1 aromatic heterocycles. The molecule has 0 saturated carbocycles. The number of benzene rings is 2. The van der Waals surface area contributed by atoms with E-state index in [9.17, 15) is 14.7 Å². The van der Waals surface area contributed by atoms with Gasteiger partial charge in [0.05, 0.1) is 18.2 Å². The van der Waals surface area contributed by atoms with Gasteiger partial charge in [0.1, 0.15) is 5.69 Å². The number of carbonyl (C=O) groups is 2. The maximum Gasteiger partial charge on any atom is 0.305 e. The van der Waals surface area contributed by atoms with Gasteiger partial charge in [-0.1, -0.05) is 54.1 Å². The Hall–Kier alpha value is -3.47. The minimum Gasteiger partial charge on any atom is -0.481 e. The van der Waals surface area contributed by atoms with Gasteiger partial charge in [0.15, 0.2) is 0 Å². The van der Waals surface area contributed by atoms with Gasteiger partial charge < -0.3 is 10.4 Å². The highest BCUT2D eigenvalue weighted by molar-refractivity contribution is 5.93. The van der Waals surface area contributed by atoms with E-state index in [2.05, 4.69) is 16.4 Å². The molecular weight excluding hydrogens is 364 g/mol.